The van der Waals surface area contributed by atoms with Crippen LogP contribution in [0.1, 0.15) is 11.5 Å². The zero-order chi connectivity index (χ0) is 26.9. The molecule has 37 heavy (non-hydrogen) atoms. The lowest BCUT2D eigenvalue weighted by molar-refractivity contribution is -0.258. The van der Waals surface area contributed by atoms with Crippen molar-refractivity contribution in [2.24, 2.45) is 7.05 Å². The number of amides is 2. The van der Waals surface area contributed by atoms with E-state index >= 15 is 0 Å². The van der Waals surface area contributed by atoms with Crippen LogP contribution in [0.5, 0.6) is 5.75 Å². The molecule has 196 valence electrons. The summed E-state index contributed by atoms with van der Waals surface area (Å²) in [5.74, 6) is -5.87. The number of carboxylic acid groups (broad SMARTS) is 1. The summed E-state index contributed by atoms with van der Waals surface area (Å²) in [4.78, 5) is 52.0. The normalized spacial score (nSPS) is 21.6. The summed E-state index contributed by atoms with van der Waals surface area (Å²) in [5, 5.41) is 33.1. The van der Waals surface area contributed by atoms with E-state index in [1.54, 1.807) is 7.05 Å². The number of aliphatic carboxylic acids is 1. The highest BCUT2D eigenvalue weighted by atomic mass is 32.2. The average molecular weight is 535 g/mol. The molecule has 4 rings (SSSR count). The van der Waals surface area contributed by atoms with Crippen LogP contribution in [0.15, 0.2) is 40.7 Å². The Morgan fingerprint density at radius 1 is 1.30 bits per heavy atom. The van der Waals surface area contributed by atoms with Crippen molar-refractivity contribution in [2.75, 3.05) is 26.6 Å². The molecule has 16 heteroatoms. The summed E-state index contributed by atoms with van der Waals surface area (Å²) in [7, 11) is 3.94. The molecule has 0 aliphatic carbocycles. The van der Waals surface area contributed by atoms with Gasteiger partial charge in [-0.05, 0) is 33.7 Å². The van der Waals surface area contributed by atoms with Gasteiger partial charge in [-0.3, -0.25) is 19.3 Å². The first-order chi connectivity index (χ1) is 17.6. The van der Waals surface area contributed by atoms with Gasteiger partial charge in [0.15, 0.2) is 12.1 Å². The number of phenols is 1. The van der Waals surface area contributed by atoms with E-state index in [-0.39, 0.29) is 29.4 Å². The molecule has 2 aliphatic heterocycles. The summed E-state index contributed by atoms with van der Waals surface area (Å²) in [6.45, 7) is -0.127. The molecule has 0 saturated carbocycles. The number of aromatic hydroxyl groups is 1. The zero-order valence-electron chi connectivity index (χ0n) is 19.8. The number of carbonyl (C=O) groups excluding carboxylic acids is 3. The van der Waals surface area contributed by atoms with Crippen LogP contribution in [0.3, 0.4) is 0 Å². The third kappa shape index (κ3) is 4.49. The van der Waals surface area contributed by atoms with Gasteiger partial charge in [0.05, 0.1) is 13.7 Å². The van der Waals surface area contributed by atoms with Crippen molar-refractivity contribution in [2.45, 2.75) is 23.0 Å². The predicted octanol–water partition coefficient (Wildman–Crippen LogP) is -1.04. The van der Waals surface area contributed by atoms with Crippen LogP contribution >= 0.6 is 11.8 Å². The van der Waals surface area contributed by atoms with Gasteiger partial charge in [-0.2, -0.15) is 0 Å². The molecular weight excluding hydrogens is 512 g/mol. The third-order valence-corrected chi connectivity index (χ3v) is 6.91. The SMILES string of the molecule is COC(=O)C1=C(CSc2nnnn2C)CO[C@H]2N1C(=O)[C@]2(NC(=O)C(C(=O)O)c1ccc(O)cc1)OC. The molecule has 0 radical (unpaired) electrons. The van der Waals surface area contributed by atoms with Gasteiger partial charge in [-0.25, -0.2) is 9.48 Å². The van der Waals surface area contributed by atoms with Gasteiger partial charge in [0, 0.05) is 19.9 Å². The van der Waals surface area contributed by atoms with Gasteiger partial charge in [-0.15, -0.1) is 5.10 Å². The van der Waals surface area contributed by atoms with Gasteiger partial charge in [0.1, 0.15) is 11.4 Å². The quantitative estimate of drug-likeness (QED) is 0.116. The number of phenolic OH excluding ortho intramolecular Hbond substituents is 1. The van der Waals surface area contributed by atoms with Crippen molar-refractivity contribution in [1.82, 2.24) is 30.4 Å². The molecule has 1 aromatic heterocycles. The maximum atomic E-state index is 13.4. The Hall–Kier alpha value is -4.02. The minimum atomic E-state index is -2.09. The van der Waals surface area contributed by atoms with E-state index in [9.17, 15) is 29.4 Å². The standard InChI is InChI=1S/C21H22N6O9S/c1-26-20(23-24-25-26)37-9-11-8-36-19-21(35-3,18(33)27(19)14(11)17(32)34-2)22-15(29)13(16(30)31)10-4-6-12(28)7-5-10/h4-7,13,19,28H,8-9H2,1-3H3,(H,22,29)(H,30,31)/t13?,19-,21+/m1/s1. The Kier molecular flexibility index (Phi) is 7.15. The molecule has 2 amide bonds. The third-order valence-electron chi connectivity index (χ3n) is 5.81. The van der Waals surface area contributed by atoms with Crippen molar-refractivity contribution in [3.8, 4) is 5.75 Å². The number of thioether (sulfide) groups is 1. The predicted molar refractivity (Wildman–Crippen MR) is 122 cm³/mol. The van der Waals surface area contributed by atoms with Crippen molar-refractivity contribution in [1.29, 1.82) is 0 Å². The molecule has 0 spiro atoms. The van der Waals surface area contributed by atoms with Gasteiger partial charge >= 0.3 is 11.9 Å². The number of tetrazole rings is 1. The number of hydrogen-bond acceptors (Lipinski definition) is 12. The maximum Gasteiger partial charge on any atom is 0.354 e. The van der Waals surface area contributed by atoms with E-state index in [2.05, 4.69) is 20.8 Å². The first kappa shape index (κ1) is 26.1. The number of aromatic nitrogens is 4. The van der Waals surface area contributed by atoms with E-state index in [0.717, 1.165) is 19.1 Å². The molecule has 1 aromatic carbocycles. The van der Waals surface area contributed by atoms with Gasteiger partial charge < -0.3 is 29.7 Å². The number of carboxylic acids is 1. The number of hydrogen-bond donors (Lipinski definition) is 3. The lowest BCUT2D eigenvalue weighted by atomic mass is 9.92. The minimum absolute atomic E-state index is 0.0648. The Labute approximate surface area is 213 Å². The van der Waals surface area contributed by atoms with Crippen molar-refractivity contribution >= 4 is 35.5 Å². The van der Waals surface area contributed by atoms with Gasteiger partial charge in [0.25, 0.3) is 11.6 Å². The Bertz CT molecular complexity index is 1280. The minimum Gasteiger partial charge on any atom is -0.508 e. The van der Waals surface area contributed by atoms with E-state index in [1.165, 1.54) is 40.7 Å². The smallest absolute Gasteiger partial charge is 0.354 e. The maximum absolute atomic E-state index is 13.4. The average Bonchev–Trinajstić information content (AvgIpc) is 3.30. The first-order valence-corrected chi connectivity index (χ1v) is 11.6. The highest BCUT2D eigenvalue weighted by Crippen LogP contribution is 2.42. The molecule has 1 unspecified atom stereocenters. The molecule has 3 heterocycles. The largest absolute Gasteiger partial charge is 0.508 e. The number of rotatable bonds is 9. The number of fused-ring (bicyclic) bond motifs is 1. The number of esters is 1. The molecule has 2 aromatic rings. The lowest BCUT2D eigenvalue weighted by Gasteiger charge is -2.55. The first-order valence-electron chi connectivity index (χ1n) is 10.6. The number of carbonyl (C=O) groups is 4. The van der Waals surface area contributed by atoms with Crippen LogP contribution in [0.25, 0.3) is 0 Å². The van der Waals surface area contributed by atoms with Crippen LogP contribution in [0.2, 0.25) is 0 Å². The van der Waals surface area contributed by atoms with Gasteiger partial charge in [0.2, 0.25) is 11.1 Å². The van der Waals surface area contributed by atoms with Crippen LogP contribution in [0, 0.1) is 0 Å². The number of benzene rings is 1. The zero-order valence-corrected chi connectivity index (χ0v) is 20.6. The summed E-state index contributed by atoms with van der Waals surface area (Å²) in [5.41, 5.74) is -1.70. The number of nitrogens with zero attached hydrogens (tertiary/aromatic N) is 5. The second-order valence-corrected chi connectivity index (χ2v) is 8.89. The van der Waals surface area contributed by atoms with Crippen LogP contribution in [-0.2, 0) is 40.4 Å². The van der Waals surface area contributed by atoms with Crippen molar-refractivity contribution < 1.29 is 43.6 Å². The highest BCUT2D eigenvalue weighted by molar-refractivity contribution is 7.99. The Balaban J connectivity index is 1.60. The fourth-order valence-electron chi connectivity index (χ4n) is 3.96. The summed E-state index contributed by atoms with van der Waals surface area (Å²) < 4.78 is 17.5. The fourth-order valence-corrected chi connectivity index (χ4v) is 4.80. The topological polar surface area (TPSA) is 195 Å². The Morgan fingerprint density at radius 2 is 2.00 bits per heavy atom. The summed E-state index contributed by atoms with van der Waals surface area (Å²) >= 11 is 1.20. The molecule has 3 atom stereocenters. The number of ether oxygens (including phenoxy) is 3. The van der Waals surface area contributed by atoms with E-state index in [1.807, 2.05) is 0 Å². The number of β-lactam (4-membered cyclic amide) rings is 1. The van der Waals surface area contributed by atoms with Crippen LogP contribution in [0.4, 0.5) is 0 Å². The molecular formula is C21H22N6O9S. The second kappa shape index (κ2) is 10.2. The second-order valence-electron chi connectivity index (χ2n) is 7.95. The number of nitrogens with one attached hydrogen (secondary N) is 1. The summed E-state index contributed by atoms with van der Waals surface area (Å²) in [6, 6.07) is 5.01. The van der Waals surface area contributed by atoms with E-state index in [0.29, 0.717) is 10.7 Å². The van der Waals surface area contributed by atoms with Crippen LogP contribution < -0.4 is 5.32 Å². The molecule has 0 bridgehead atoms. The molecule has 3 N–H and O–H groups in total. The summed E-state index contributed by atoms with van der Waals surface area (Å²) in [6.07, 6.45) is -1.28. The lowest BCUT2D eigenvalue weighted by Crippen LogP contribution is -2.82. The van der Waals surface area contributed by atoms with E-state index in [4.69, 9.17) is 14.2 Å². The van der Waals surface area contributed by atoms with Crippen molar-refractivity contribution in [3.05, 3.63) is 41.1 Å². The molecule has 1 fully saturated rings. The number of aryl methyl sites for hydroxylation is 1. The number of methoxy groups -OCH3 is 2. The van der Waals surface area contributed by atoms with Crippen molar-refractivity contribution in [3.63, 3.8) is 0 Å². The van der Waals surface area contributed by atoms with E-state index < -0.39 is 41.6 Å². The van der Waals surface area contributed by atoms with Gasteiger partial charge in [-0.1, -0.05) is 23.9 Å². The fraction of sp³-hybridized carbons (Fsp3) is 0.381. The monoisotopic (exact) mass is 534 g/mol. The molecule has 15 nitrogen and oxygen atoms in total. The Morgan fingerprint density at radius 3 is 2.57 bits per heavy atom. The highest BCUT2D eigenvalue weighted by Gasteiger charge is 2.68. The molecule has 1 saturated heterocycles. The van der Waals surface area contributed by atoms with Crippen LogP contribution in [-0.4, -0.2) is 97.6 Å². The molecule has 2 aliphatic rings.